The Balaban J connectivity index is 1.92. The zero-order valence-electron chi connectivity index (χ0n) is 8.99. The van der Waals surface area contributed by atoms with Crippen LogP contribution in [-0.4, -0.2) is 21.9 Å². The maximum atomic E-state index is 11.6. The van der Waals surface area contributed by atoms with E-state index in [4.69, 9.17) is 28.9 Å². The number of carbonyl (C=O) groups is 1. The van der Waals surface area contributed by atoms with Gasteiger partial charge in [-0.1, -0.05) is 11.6 Å². The van der Waals surface area contributed by atoms with Crippen LogP contribution >= 0.6 is 23.2 Å². The SMILES string of the molecule is NC(CC(=O)Nc1cc(Cl)nc(Cl)n1)C1CC1. The number of anilines is 1. The van der Waals surface area contributed by atoms with E-state index in [1.54, 1.807) is 0 Å². The van der Waals surface area contributed by atoms with Gasteiger partial charge in [0.25, 0.3) is 0 Å². The van der Waals surface area contributed by atoms with Crippen molar-refractivity contribution in [3.63, 3.8) is 0 Å². The Morgan fingerprint density at radius 3 is 2.82 bits per heavy atom. The Morgan fingerprint density at radius 2 is 2.24 bits per heavy atom. The lowest BCUT2D eigenvalue weighted by Crippen LogP contribution is -2.29. The summed E-state index contributed by atoms with van der Waals surface area (Å²) in [7, 11) is 0. The van der Waals surface area contributed by atoms with Gasteiger partial charge in [-0.15, -0.1) is 0 Å². The number of hydrogen-bond donors (Lipinski definition) is 2. The maximum Gasteiger partial charge on any atom is 0.227 e. The van der Waals surface area contributed by atoms with Gasteiger partial charge in [-0.25, -0.2) is 9.97 Å². The van der Waals surface area contributed by atoms with Crippen LogP contribution in [0.2, 0.25) is 10.4 Å². The normalized spacial score (nSPS) is 16.6. The Bertz CT molecular complexity index is 416. The van der Waals surface area contributed by atoms with Gasteiger partial charge in [-0.3, -0.25) is 4.79 Å². The summed E-state index contributed by atoms with van der Waals surface area (Å²) in [6.07, 6.45) is 2.50. The van der Waals surface area contributed by atoms with E-state index in [0.29, 0.717) is 11.7 Å². The number of amides is 1. The quantitative estimate of drug-likeness (QED) is 0.649. The molecular formula is C10H12Cl2N4O. The van der Waals surface area contributed by atoms with Crippen LogP contribution in [0.5, 0.6) is 0 Å². The molecule has 1 aromatic heterocycles. The van der Waals surface area contributed by atoms with Crippen molar-refractivity contribution in [2.45, 2.75) is 25.3 Å². The molecule has 0 spiro atoms. The number of nitrogens with one attached hydrogen (secondary N) is 1. The third-order valence-electron chi connectivity index (χ3n) is 2.58. The molecule has 1 atom stereocenters. The van der Waals surface area contributed by atoms with Gasteiger partial charge < -0.3 is 11.1 Å². The lowest BCUT2D eigenvalue weighted by molar-refractivity contribution is -0.116. The molecule has 1 aliphatic carbocycles. The Morgan fingerprint density at radius 1 is 1.53 bits per heavy atom. The molecule has 7 heteroatoms. The summed E-state index contributed by atoms with van der Waals surface area (Å²) in [5.41, 5.74) is 5.85. The van der Waals surface area contributed by atoms with Crippen molar-refractivity contribution in [1.29, 1.82) is 0 Å². The van der Waals surface area contributed by atoms with Crippen molar-refractivity contribution in [3.05, 3.63) is 16.5 Å². The third kappa shape index (κ3) is 3.80. The van der Waals surface area contributed by atoms with E-state index in [2.05, 4.69) is 15.3 Å². The first-order valence-electron chi connectivity index (χ1n) is 5.30. The molecule has 0 bridgehead atoms. The number of rotatable bonds is 4. The summed E-state index contributed by atoms with van der Waals surface area (Å²) in [6.45, 7) is 0. The Hall–Kier alpha value is -0.910. The van der Waals surface area contributed by atoms with Crippen LogP contribution in [-0.2, 0) is 4.79 Å². The van der Waals surface area contributed by atoms with Crippen LogP contribution < -0.4 is 11.1 Å². The first-order valence-corrected chi connectivity index (χ1v) is 6.05. The van der Waals surface area contributed by atoms with Crippen LogP contribution in [0, 0.1) is 5.92 Å². The van der Waals surface area contributed by atoms with E-state index in [9.17, 15) is 4.79 Å². The highest BCUT2D eigenvalue weighted by molar-refractivity contribution is 6.32. The lowest BCUT2D eigenvalue weighted by atomic mass is 10.1. The summed E-state index contributed by atoms with van der Waals surface area (Å²) in [5.74, 6) is 0.594. The van der Waals surface area contributed by atoms with E-state index < -0.39 is 0 Å². The summed E-state index contributed by atoms with van der Waals surface area (Å²) in [4.78, 5) is 19.2. The molecule has 5 nitrogen and oxygen atoms in total. The summed E-state index contributed by atoms with van der Waals surface area (Å²) in [6, 6.07) is 1.36. The van der Waals surface area contributed by atoms with Crippen molar-refractivity contribution >= 4 is 34.9 Å². The molecule has 0 saturated heterocycles. The summed E-state index contributed by atoms with van der Waals surface area (Å²) < 4.78 is 0. The van der Waals surface area contributed by atoms with Crippen molar-refractivity contribution in [3.8, 4) is 0 Å². The van der Waals surface area contributed by atoms with Crippen LogP contribution in [0.3, 0.4) is 0 Å². The average Bonchev–Trinajstić information content (AvgIpc) is 2.97. The van der Waals surface area contributed by atoms with Crippen molar-refractivity contribution < 1.29 is 4.79 Å². The highest BCUT2D eigenvalue weighted by Crippen LogP contribution is 2.32. The van der Waals surface area contributed by atoms with Crippen LogP contribution in [0.25, 0.3) is 0 Å². The molecule has 0 aliphatic heterocycles. The number of aromatic nitrogens is 2. The first-order chi connectivity index (χ1) is 8.04. The molecule has 1 unspecified atom stereocenters. The lowest BCUT2D eigenvalue weighted by Gasteiger charge is -2.10. The molecule has 1 saturated carbocycles. The highest BCUT2D eigenvalue weighted by atomic mass is 35.5. The number of carbonyl (C=O) groups excluding carboxylic acids is 1. The predicted molar refractivity (Wildman–Crippen MR) is 66.0 cm³/mol. The minimum atomic E-state index is -0.185. The standard InChI is InChI=1S/C10H12Cl2N4O/c11-7-4-8(16-10(12)14-7)15-9(17)3-6(13)5-1-2-5/h4-6H,1-3,13H2,(H,14,15,16,17). The average molecular weight is 275 g/mol. The molecular weight excluding hydrogens is 263 g/mol. The number of nitrogens with zero attached hydrogens (tertiary/aromatic N) is 2. The second-order valence-corrected chi connectivity index (χ2v) is 4.82. The van der Waals surface area contributed by atoms with E-state index in [1.165, 1.54) is 6.07 Å². The highest BCUT2D eigenvalue weighted by Gasteiger charge is 2.29. The predicted octanol–water partition coefficient (Wildman–Crippen LogP) is 1.85. The monoisotopic (exact) mass is 274 g/mol. The molecule has 1 aliphatic rings. The molecule has 1 amide bonds. The summed E-state index contributed by atoms with van der Waals surface area (Å²) >= 11 is 11.3. The molecule has 0 aromatic carbocycles. The van der Waals surface area contributed by atoms with Crippen molar-refractivity contribution in [2.24, 2.45) is 11.7 Å². The number of hydrogen-bond acceptors (Lipinski definition) is 4. The van der Waals surface area contributed by atoms with Gasteiger partial charge in [-0.05, 0) is 30.4 Å². The van der Waals surface area contributed by atoms with Crippen molar-refractivity contribution in [1.82, 2.24) is 9.97 Å². The molecule has 92 valence electrons. The topological polar surface area (TPSA) is 80.9 Å². The molecule has 17 heavy (non-hydrogen) atoms. The first kappa shape index (κ1) is 12.5. The van der Waals surface area contributed by atoms with Crippen LogP contribution in [0.15, 0.2) is 6.07 Å². The minimum absolute atomic E-state index is 0.000656. The van der Waals surface area contributed by atoms with E-state index in [0.717, 1.165) is 12.8 Å². The maximum absolute atomic E-state index is 11.6. The third-order valence-corrected chi connectivity index (χ3v) is 2.95. The van der Waals surface area contributed by atoms with Gasteiger partial charge in [0.05, 0.1) is 0 Å². The fraction of sp³-hybridized carbons (Fsp3) is 0.500. The van der Waals surface area contributed by atoms with Gasteiger partial charge in [-0.2, -0.15) is 0 Å². The Kier molecular flexibility index (Phi) is 3.81. The smallest absolute Gasteiger partial charge is 0.227 e. The van der Waals surface area contributed by atoms with Gasteiger partial charge >= 0.3 is 0 Å². The Labute approximate surface area is 109 Å². The van der Waals surface area contributed by atoms with Crippen LogP contribution in [0.4, 0.5) is 5.82 Å². The van der Waals surface area contributed by atoms with Crippen molar-refractivity contribution in [2.75, 3.05) is 5.32 Å². The van der Waals surface area contributed by atoms with Gasteiger partial charge in [0.2, 0.25) is 11.2 Å². The molecule has 1 heterocycles. The van der Waals surface area contributed by atoms with E-state index >= 15 is 0 Å². The molecule has 3 N–H and O–H groups in total. The second kappa shape index (κ2) is 5.16. The number of halogens is 2. The van der Waals surface area contributed by atoms with Gasteiger partial charge in [0.1, 0.15) is 11.0 Å². The van der Waals surface area contributed by atoms with E-state index in [-0.39, 0.29) is 28.8 Å². The zero-order valence-corrected chi connectivity index (χ0v) is 10.5. The zero-order chi connectivity index (χ0) is 12.4. The largest absolute Gasteiger partial charge is 0.327 e. The molecule has 2 rings (SSSR count). The molecule has 1 fully saturated rings. The summed E-state index contributed by atoms with van der Waals surface area (Å²) in [5, 5.41) is 2.78. The fourth-order valence-corrected chi connectivity index (χ4v) is 1.96. The second-order valence-electron chi connectivity index (χ2n) is 4.10. The molecule has 0 radical (unpaired) electrons. The minimum Gasteiger partial charge on any atom is -0.327 e. The van der Waals surface area contributed by atoms with Crippen LogP contribution in [0.1, 0.15) is 19.3 Å². The van der Waals surface area contributed by atoms with Gasteiger partial charge in [0, 0.05) is 18.5 Å². The number of nitrogens with two attached hydrogens (primary N) is 1. The van der Waals surface area contributed by atoms with E-state index in [1.807, 2.05) is 0 Å². The molecule has 1 aromatic rings. The fourth-order valence-electron chi connectivity index (χ4n) is 1.55. The van der Waals surface area contributed by atoms with Gasteiger partial charge in [0.15, 0.2) is 0 Å².